The molecule has 0 aliphatic rings. The van der Waals surface area contributed by atoms with Gasteiger partial charge in [0.1, 0.15) is 5.75 Å². The number of halogens is 2. The zero-order valence-corrected chi connectivity index (χ0v) is 16.7. The maximum Gasteiger partial charge on any atom is 0.119 e. The number of hydrogen-bond acceptors (Lipinski definition) is 6. The molecular weight excluding hydrogens is 461 g/mol. The van der Waals surface area contributed by atoms with Gasteiger partial charge in [-0.1, -0.05) is 30.3 Å². The van der Waals surface area contributed by atoms with Crippen molar-refractivity contribution in [2.24, 2.45) is 0 Å². The number of nitrogens with one attached hydrogen (secondary N) is 1. The van der Waals surface area contributed by atoms with Crippen LogP contribution in [0.15, 0.2) is 48.5 Å². The minimum atomic E-state index is -4.69. The molecule has 6 nitrogen and oxygen atoms in total. The molecule has 2 aromatic rings. The van der Waals surface area contributed by atoms with Gasteiger partial charge < -0.3 is 10.1 Å². The fourth-order valence-electron chi connectivity index (χ4n) is 2.10. The quantitative estimate of drug-likeness (QED) is 0.409. The van der Waals surface area contributed by atoms with Gasteiger partial charge in [0.05, 0.1) is 22.0 Å². The molecule has 0 spiro atoms. The first-order chi connectivity index (χ1) is 11.8. The summed E-state index contributed by atoms with van der Waals surface area (Å²) in [6.45, 7) is 2.01. The first kappa shape index (κ1) is 22.1. The van der Waals surface area contributed by atoms with E-state index in [4.69, 9.17) is 23.4 Å². The van der Waals surface area contributed by atoms with Crippen molar-refractivity contribution in [2.45, 2.75) is 12.8 Å². The molecule has 0 heterocycles. The molecule has 8 heteroatoms. The highest BCUT2D eigenvalue weighted by molar-refractivity contribution is 14.1. The Morgan fingerprint density at radius 1 is 1.04 bits per heavy atom. The van der Waals surface area contributed by atoms with Crippen molar-refractivity contribution >= 4 is 22.6 Å². The summed E-state index contributed by atoms with van der Waals surface area (Å²) in [6, 6.07) is 16.8. The molecule has 138 valence electrons. The van der Waals surface area contributed by atoms with Crippen LogP contribution in [0.25, 0.3) is 0 Å². The SMILES string of the molecule is COc1ccc(I)c(CCNCCc2ccccc2)c1.[O-][Cl+3]([O-])([O-])O. The van der Waals surface area contributed by atoms with Crippen molar-refractivity contribution in [2.75, 3.05) is 20.2 Å². The van der Waals surface area contributed by atoms with E-state index >= 15 is 0 Å². The third kappa shape index (κ3) is 11.3. The summed E-state index contributed by atoms with van der Waals surface area (Å²) in [7, 11) is -2.98. The van der Waals surface area contributed by atoms with E-state index in [0.717, 1.165) is 31.7 Å². The maximum atomic E-state index is 8.60. The van der Waals surface area contributed by atoms with E-state index < -0.39 is 10.2 Å². The average molecular weight is 482 g/mol. The van der Waals surface area contributed by atoms with Gasteiger partial charge in [0, 0.05) is 3.57 Å². The van der Waals surface area contributed by atoms with Crippen LogP contribution in [0.5, 0.6) is 5.75 Å². The van der Waals surface area contributed by atoms with Gasteiger partial charge in [0.15, 0.2) is 0 Å². The van der Waals surface area contributed by atoms with Gasteiger partial charge in [0.25, 0.3) is 0 Å². The number of methoxy groups -OCH3 is 1. The van der Waals surface area contributed by atoms with Crippen LogP contribution in [-0.2, 0) is 12.8 Å². The average Bonchev–Trinajstić information content (AvgIpc) is 2.55. The second-order valence-corrected chi connectivity index (χ2v) is 7.04. The van der Waals surface area contributed by atoms with E-state index in [9.17, 15) is 0 Å². The summed E-state index contributed by atoms with van der Waals surface area (Å²) in [6.07, 6.45) is 2.11. The summed E-state index contributed by atoms with van der Waals surface area (Å²) < 4.78 is 39.3. The predicted octanol–water partition coefficient (Wildman–Crippen LogP) is -0.449. The molecule has 0 aliphatic heterocycles. The molecule has 0 unspecified atom stereocenters. The first-order valence-corrected chi connectivity index (χ1v) is 9.84. The molecule has 0 saturated heterocycles. The highest BCUT2D eigenvalue weighted by atomic mass is 127. The zero-order valence-electron chi connectivity index (χ0n) is 13.8. The lowest BCUT2D eigenvalue weighted by Crippen LogP contribution is -2.58. The van der Waals surface area contributed by atoms with E-state index in [2.05, 4.69) is 70.4 Å². The molecule has 2 aromatic carbocycles. The van der Waals surface area contributed by atoms with Crippen molar-refractivity contribution in [1.29, 1.82) is 0 Å². The Balaban J connectivity index is 0.000000550. The van der Waals surface area contributed by atoms with Crippen LogP contribution in [0.3, 0.4) is 0 Å². The van der Waals surface area contributed by atoms with Crippen LogP contribution in [0, 0.1) is 13.8 Å². The lowest BCUT2D eigenvalue weighted by Gasteiger charge is -2.08. The first-order valence-electron chi connectivity index (χ1n) is 7.50. The molecule has 25 heavy (non-hydrogen) atoms. The second kappa shape index (κ2) is 11.6. The summed E-state index contributed by atoms with van der Waals surface area (Å²) in [4.78, 5) is 0. The van der Waals surface area contributed by atoms with Crippen molar-refractivity contribution in [1.82, 2.24) is 5.32 Å². The van der Waals surface area contributed by atoms with E-state index in [1.165, 1.54) is 14.7 Å². The zero-order chi connectivity index (χ0) is 18.7. The Kier molecular flexibility index (Phi) is 10.3. The topological polar surface area (TPSA) is 111 Å². The molecule has 2 rings (SSSR count). The van der Waals surface area contributed by atoms with Crippen molar-refractivity contribution in [3.05, 3.63) is 63.2 Å². The Morgan fingerprint density at radius 3 is 2.24 bits per heavy atom. The Hall–Kier alpha value is -0.940. The summed E-state index contributed by atoms with van der Waals surface area (Å²) in [5.41, 5.74) is 2.73. The fourth-order valence-corrected chi connectivity index (χ4v) is 2.70. The Bertz CT molecular complexity index is 616. The summed E-state index contributed by atoms with van der Waals surface area (Å²) in [5, 5.41) is 3.50. The molecule has 0 aromatic heterocycles. The van der Waals surface area contributed by atoms with Crippen LogP contribution in [0.1, 0.15) is 11.1 Å². The third-order valence-electron chi connectivity index (χ3n) is 3.26. The van der Waals surface area contributed by atoms with E-state index in [1.807, 2.05) is 6.07 Å². The predicted molar refractivity (Wildman–Crippen MR) is 94.6 cm³/mol. The van der Waals surface area contributed by atoms with Gasteiger partial charge in [-0.25, -0.2) is 0 Å². The standard InChI is InChI=1S/C17H20INO.ClHO4/c1-20-16-7-8-17(18)15(13-16)10-12-19-11-9-14-5-3-2-4-6-14;2-1(3,4)5/h2-8,13,19H,9-12H2,1H3;(H,2,3,4,5). The fraction of sp³-hybridized carbons (Fsp3) is 0.294. The molecular formula is C17H21ClINO5. The second-order valence-electron chi connectivity index (χ2n) is 5.09. The van der Waals surface area contributed by atoms with Crippen molar-refractivity contribution in [3.63, 3.8) is 0 Å². The minimum Gasteiger partial charge on any atom is -0.497 e. The van der Waals surface area contributed by atoms with Gasteiger partial charge in [-0.2, -0.15) is 14.0 Å². The highest BCUT2D eigenvalue weighted by Crippen LogP contribution is 2.19. The van der Waals surface area contributed by atoms with E-state index in [-0.39, 0.29) is 0 Å². The smallest absolute Gasteiger partial charge is 0.119 e. The molecule has 0 atom stereocenters. The maximum absolute atomic E-state index is 8.60. The van der Waals surface area contributed by atoms with Gasteiger partial charge in [-0.3, -0.25) is 0 Å². The number of benzene rings is 2. The van der Waals surface area contributed by atoms with E-state index in [1.54, 1.807) is 7.11 Å². The van der Waals surface area contributed by atoms with Crippen LogP contribution in [-0.4, -0.2) is 24.9 Å². The summed E-state index contributed by atoms with van der Waals surface area (Å²) in [5.74, 6) is 0.935. The van der Waals surface area contributed by atoms with Gasteiger partial charge >= 0.3 is 0 Å². The lowest BCUT2D eigenvalue weighted by atomic mass is 10.1. The van der Waals surface area contributed by atoms with Crippen molar-refractivity contribution in [3.8, 4) is 5.75 Å². The molecule has 0 saturated carbocycles. The largest absolute Gasteiger partial charge is 0.497 e. The number of ether oxygens (including phenoxy) is 1. The monoisotopic (exact) mass is 481 g/mol. The molecule has 0 aliphatic carbocycles. The van der Waals surface area contributed by atoms with Gasteiger partial charge in [-0.15, -0.1) is 0 Å². The van der Waals surface area contributed by atoms with Crippen LogP contribution in [0.4, 0.5) is 0 Å². The van der Waals surface area contributed by atoms with Gasteiger partial charge in [0.2, 0.25) is 0 Å². The molecule has 2 N–H and O–H groups in total. The van der Waals surface area contributed by atoms with Gasteiger partial charge in [-0.05, 0) is 77.8 Å². The normalized spacial score (nSPS) is 10.8. The molecule has 0 radical (unpaired) electrons. The Morgan fingerprint density at radius 2 is 1.64 bits per heavy atom. The van der Waals surface area contributed by atoms with Crippen LogP contribution in [0.2, 0.25) is 0 Å². The highest BCUT2D eigenvalue weighted by Gasteiger charge is 2.02. The minimum absolute atomic E-state index is 0.935. The van der Waals surface area contributed by atoms with Crippen LogP contribution < -0.4 is 24.0 Å². The lowest BCUT2D eigenvalue weighted by molar-refractivity contribution is -1.92. The molecule has 0 fully saturated rings. The number of hydrogen-bond donors (Lipinski definition) is 2. The molecule has 0 amide bonds. The molecule has 0 bridgehead atoms. The third-order valence-corrected chi connectivity index (χ3v) is 4.31. The van der Waals surface area contributed by atoms with Crippen molar-refractivity contribution < 1.29 is 33.6 Å². The van der Waals surface area contributed by atoms with Crippen LogP contribution >= 0.6 is 22.6 Å². The van der Waals surface area contributed by atoms with E-state index in [0.29, 0.717) is 0 Å². The summed E-state index contributed by atoms with van der Waals surface area (Å²) >= 11 is 2.38. The Labute approximate surface area is 163 Å². The number of rotatable bonds is 7.